The van der Waals surface area contributed by atoms with Gasteiger partial charge in [-0.2, -0.15) is 0 Å². The SMILES string of the molecule is CCNc1ncnc(NC2CCCCCC2C)c1CC. The molecule has 1 aromatic rings. The van der Waals surface area contributed by atoms with Gasteiger partial charge in [-0.05, 0) is 32.1 Å². The Labute approximate surface area is 122 Å². The molecular weight excluding hydrogens is 248 g/mol. The standard InChI is InChI=1S/C16H28N4/c1-4-13-15(17-5-2)18-11-19-16(13)20-14-10-8-6-7-9-12(14)3/h11-12,14H,4-10H2,1-3H3,(H2,17,18,19,20). The van der Waals surface area contributed by atoms with Crippen molar-refractivity contribution in [2.24, 2.45) is 5.92 Å². The lowest BCUT2D eigenvalue weighted by atomic mass is 9.97. The molecule has 1 fully saturated rings. The van der Waals surface area contributed by atoms with Gasteiger partial charge in [0.15, 0.2) is 0 Å². The Morgan fingerprint density at radius 2 is 1.85 bits per heavy atom. The van der Waals surface area contributed by atoms with Gasteiger partial charge < -0.3 is 10.6 Å². The van der Waals surface area contributed by atoms with Gasteiger partial charge in [0.2, 0.25) is 0 Å². The summed E-state index contributed by atoms with van der Waals surface area (Å²) >= 11 is 0. The van der Waals surface area contributed by atoms with Crippen LogP contribution in [0.2, 0.25) is 0 Å². The van der Waals surface area contributed by atoms with Crippen LogP contribution in [0.1, 0.15) is 58.4 Å². The van der Waals surface area contributed by atoms with Crippen LogP contribution in [0.25, 0.3) is 0 Å². The third kappa shape index (κ3) is 3.62. The summed E-state index contributed by atoms with van der Waals surface area (Å²) in [4.78, 5) is 8.86. The molecule has 1 aliphatic carbocycles. The Hall–Kier alpha value is -1.32. The van der Waals surface area contributed by atoms with Crippen molar-refractivity contribution in [1.29, 1.82) is 0 Å². The highest BCUT2D eigenvalue weighted by atomic mass is 15.1. The van der Waals surface area contributed by atoms with Crippen molar-refractivity contribution in [1.82, 2.24) is 9.97 Å². The molecule has 0 amide bonds. The number of nitrogens with zero attached hydrogens (tertiary/aromatic N) is 2. The monoisotopic (exact) mass is 276 g/mol. The van der Waals surface area contributed by atoms with Gasteiger partial charge in [0.25, 0.3) is 0 Å². The van der Waals surface area contributed by atoms with Crippen molar-refractivity contribution in [2.45, 2.75) is 65.3 Å². The molecule has 1 aliphatic rings. The summed E-state index contributed by atoms with van der Waals surface area (Å²) in [6.07, 6.45) is 9.26. The molecule has 0 saturated heterocycles. The number of hydrogen-bond acceptors (Lipinski definition) is 4. The summed E-state index contributed by atoms with van der Waals surface area (Å²) in [5.41, 5.74) is 1.21. The third-order valence-corrected chi connectivity index (χ3v) is 4.33. The second-order valence-corrected chi connectivity index (χ2v) is 5.80. The summed E-state index contributed by atoms with van der Waals surface area (Å²) in [7, 11) is 0. The molecule has 2 unspecified atom stereocenters. The number of hydrogen-bond donors (Lipinski definition) is 2. The van der Waals surface area contributed by atoms with Gasteiger partial charge in [-0.15, -0.1) is 0 Å². The Kier molecular flexibility index (Phi) is 5.62. The van der Waals surface area contributed by atoms with E-state index < -0.39 is 0 Å². The predicted molar refractivity (Wildman–Crippen MR) is 85.2 cm³/mol. The number of anilines is 2. The average molecular weight is 276 g/mol. The van der Waals surface area contributed by atoms with Crippen LogP contribution >= 0.6 is 0 Å². The van der Waals surface area contributed by atoms with Crippen molar-refractivity contribution >= 4 is 11.6 Å². The minimum absolute atomic E-state index is 0.548. The molecule has 112 valence electrons. The maximum atomic E-state index is 4.49. The minimum Gasteiger partial charge on any atom is -0.370 e. The molecule has 4 nitrogen and oxygen atoms in total. The summed E-state index contributed by atoms with van der Waals surface area (Å²) < 4.78 is 0. The minimum atomic E-state index is 0.548. The first-order chi connectivity index (χ1) is 9.76. The fourth-order valence-electron chi connectivity index (χ4n) is 3.07. The molecule has 2 N–H and O–H groups in total. The van der Waals surface area contributed by atoms with Crippen LogP contribution in [0, 0.1) is 5.92 Å². The van der Waals surface area contributed by atoms with Gasteiger partial charge in [-0.1, -0.05) is 33.1 Å². The van der Waals surface area contributed by atoms with Crippen LogP contribution in [-0.4, -0.2) is 22.6 Å². The number of rotatable bonds is 5. The van der Waals surface area contributed by atoms with Gasteiger partial charge in [-0.25, -0.2) is 9.97 Å². The van der Waals surface area contributed by atoms with Gasteiger partial charge in [0.05, 0.1) is 0 Å². The lowest BCUT2D eigenvalue weighted by Crippen LogP contribution is -2.27. The topological polar surface area (TPSA) is 49.8 Å². The largest absolute Gasteiger partial charge is 0.370 e. The Bertz CT molecular complexity index is 419. The molecule has 2 atom stereocenters. The summed E-state index contributed by atoms with van der Waals surface area (Å²) in [6.45, 7) is 7.52. The van der Waals surface area contributed by atoms with Crippen molar-refractivity contribution in [3.63, 3.8) is 0 Å². The van der Waals surface area contributed by atoms with E-state index in [1.165, 1.54) is 37.7 Å². The third-order valence-electron chi connectivity index (χ3n) is 4.33. The highest BCUT2D eigenvalue weighted by Gasteiger charge is 2.21. The molecule has 2 rings (SSSR count). The summed E-state index contributed by atoms with van der Waals surface area (Å²) in [5, 5.41) is 7.03. The highest BCUT2D eigenvalue weighted by molar-refractivity contribution is 5.57. The second kappa shape index (κ2) is 7.46. The van der Waals surface area contributed by atoms with E-state index in [-0.39, 0.29) is 0 Å². The molecule has 0 radical (unpaired) electrons. The zero-order chi connectivity index (χ0) is 14.4. The van der Waals surface area contributed by atoms with E-state index in [2.05, 4.69) is 41.4 Å². The van der Waals surface area contributed by atoms with E-state index in [0.717, 1.165) is 30.5 Å². The van der Waals surface area contributed by atoms with Crippen LogP contribution in [0.5, 0.6) is 0 Å². The molecule has 1 saturated carbocycles. The normalized spacial score (nSPS) is 23.1. The van der Waals surface area contributed by atoms with Crippen molar-refractivity contribution in [3.05, 3.63) is 11.9 Å². The molecule has 4 heteroatoms. The van der Waals surface area contributed by atoms with Crippen molar-refractivity contribution in [3.8, 4) is 0 Å². The smallest absolute Gasteiger partial charge is 0.134 e. The predicted octanol–water partition coefficient (Wildman–Crippen LogP) is 3.85. The Morgan fingerprint density at radius 1 is 1.10 bits per heavy atom. The van der Waals surface area contributed by atoms with E-state index in [9.17, 15) is 0 Å². The van der Waals surface area contributed by atoms with Gasteiger partial charge in [0.1, 0.15) is 18.0 Å². The lowest BCUT2D eigenvalue weighted by molar-refractivity contribution is 0.455. The van der Waals surface area contributed by atoms with E-state index in [0.29, 0.717) is 6.04 Å². The van der Waals surface area contributed by atoms with E-state index in [4.69, 9.17) is 0 Å². The van der Waals surface area contributed by atoms with E-state index in [1.54, 1.807) is 6.33 Å². The molecule has 1 aromatic heterocycles. The van der Waals surface area contributed by atoms with E-state index >= 15 is 0 Å². The van der Waals surface area contributed by atoms with Crippen LogP contribution in [0.3, 0.4) is 0 Å². The van der Waals surface area contributed by atoms with Gasteiger partial charge in [-0.3, -0.25) is 0 Å². The maximum Gasteiger partial charge on any atom is 0.134 e. The molecule has 0 aliphatic heterocycles. The fraction of sp³-hybridized carbons (Fsp3) is 0.750. The lowest BCUT2D eigenvalue weighted by Gasteiger charge is -2.25. The van der Waals surface area contributed by atoms with Crippen molar-refractivity contribution in [2.75, 3.05) is 17.2 Å². The molecule has 0 bridgehead atoms. The van der Waals surface area contributed by atoms with Crippen LogP contribution in [0.4, 0.5) is 11.6 Å². The van der Waals surface area contributed by atoms with Gasteiger partial charge >= 0.3 is 0 Å². The Morgan fingerprint density at radius 3 is 2.60 bits per heavy atom. The van der Waals surface area contributed by atoms with E-state index in [1.807, 2.05) is 0 Å². The first-order valence-corrected chi connectivity index (χ1v) is 8.10. The second-order valence-electron chi connectivity index (χ2n) is 5.80. The first-order valence-electron chi connectivity index (χ1n) is 8.10. The van der Waals surface area contributed by atoms with Crippen LogP contribution in [-0.2, 0) is 6.42 Å². The average Bonchev–Trinajstić information content (AvgIpc) is 2.65. The number of aromatic nitrogens is 2. The summed E-state index contributed by atoms with van der Waals surface area (Å²) in [5.74, 6) is 2.73. The number of nitrogens with one attached hydrogen (secondary N) is 2. The van der Waals surface area contributed by atoms with Crippen molar-refractivity contribution < 1.29 is 0 Å². The highest BCUT2D eigenvalue weighted by Crippen LogP contribution is 2.28. The van der Waals surface area contributed by atoms with Crippen LogP contribution < -0.4 is 10.6 Å². The molecule has 20 heavy (non-hydrogen) atoms. The summed E-state index contributed by atoms with van der Waals surface area (Å²) in [6, 6.07) is 0.548. The zero-order valence-electron chi connectivity index (χ0n) is 13.1. The van der Waals surface area contributed by atoms with Gasteiger partial charge in [0, 0.05) is 18.2 Å². The zero-order valence-corrected chi connectivity index (χ0v) is 13.1. The molecule has 0 spiro atoms. The van der Waals surface area contributed by atoms with Crippen LogP contribution in [0.15, 0.2) is 6.33 Å². The first kappa shape index (κ1) is 15.1. The maximum absolute atomic E-state index is 4.49. The Balaban J connectivity index is 2.16. The molecule has 1 heterocycles. The molecule has 0 aromatic carbocycles. The fourth-order valence-corrected chi connectivity index (χ4v) is 3.07. The molecular formula is C16H28N4. The quantitative estimate of drug-likeness (QED) is 0.802.